The molecule has 1 aromatic heterocycles. The van der Waals surface area contributed by atoms with Crippen molar-refractivity contribution in [3.05, 3.63) is 225 Å². The van der Waals surface area contributed by atoms with E-state index in [-0.39, 0.29) is 12.0 Å². The maximum atomic E-state index is 3.77. The van der Waals surface area contributed by atoms with Crippen molar-refractivity contribution in [3.63, 3.8) is 0 Å². The molecule has 5 aliphatic carbocycles. The summed E-state index contributed by atoms with van der Waals surface area (Å²) < 4.78 is 2.51. The summed E-state index contributed by atoms with van der Waals surface area (Å²) in [5, 5.41) is 7.51. The number of para-hydroxylation sites is 1. The minimum Gasteiger partial charge on any atom is -0.371 e. The second-order valence-electron chi connectivity index (χ2n) is 16.9. The third kappa shape index (κ3) is 7.47. The van der Waals surface area contributed by atoms with Gasteiger partial charge in [-0.05, 0) is 164 Å². The van der Waals surface area contributed by atoms with E-state index in [9.17, 15) is 0 Å². The zero-order chi connectivity index (χ0) is 41.3. The fraction of sp³-hybridized carbons (Fsp3) is 0.193. The van der Waals surface area contributed by atoms with Crippen LogP contribution in [0.5, 0.6) is 0 Å². The zero-order valence-corrected chi connectivity index (χ0v) is 35.3. The topological polar surface area (TPSA) is 32.2 Å². The lowest BCUT2D eigenvalue weighted by molar-refractivity contribution is 0.611. The molecular weight excluding hydrogens is 741 g/mol. The van der Waals surface area contributed by atoms with Crippen LogP contribution in [0.15, 0.2) is 186 Å². The molecule has 0 spiro atoms. The third-order valence-corrected chi connectivity index (χ3v) is 12.9. The Balaban J connectivity index is 1.00. The van der Waals surface area contributed by atoms with Gasteiger partial charge in [0.2, 0.25) is 0 Å². The largest absolute Gasteiger partial charge is 0.371 e. The summed E-state index contributed by atoms with van der Waals surface area (Å²) in [4.78, 5) is 2.29. The van der Waals surface area contributed by atoms with Crippen LogP contribution in [0.2, 0.25) is 0 Å². The highest BCUT2D eigenvalue weighted by Gasteiger charge is 2.28. The number of nitrogens with one attached hydrogen (secondary N) is 2. The van der Waals surface area contributed by atoms with Crippen LogP contribution < -0.4 is 15.5 Å². The number of fused-ring (bicyclic) bond motifs is 3. The average molecular weight is 793 g/mol. The fourth-order valence-electron chi connectivity index (χ4n) is 9.74. The van der Waals surface area contributed by atoms with Crippen molar-refractivity contribution in [1.82, 2.24) is 9.88 Å². The van der Waals surface area contributed by atoms with Crippen LogP contribution in [0.25, 0.3) is 23.4 Å². The molecule has 5 aromatic rings. The molecule has 0 amide bonds. The molecule has 4 nitrogen and oxygen atoms in total. The van der Waals surface area contributed by atoms with E-state index >= 15 is 0 Å². The van der Waals surface area contributed by atoms with Crippen LogP contribution in [-0.4, -0.2) is 10.6 Å². The van der Waals surface area contributed by atoms with Crippen molar-refractivity contribution in [2.75, 3.05) is 10.2 Å². The maximum Gasteiger partial charge on any atom is 0.0975 e. The van der Waals surface area contributed by atoms with Crippen LogP contribution >= 0.6 is 0 Å². The number of rotatable bonds is 10. The van der Waals surface area contributed by atoms with E-state index in [1.165, 1.54) is 56.0 Å². The Hall–Kier alpha value is -6.96. The van der Waals surface area contributed by atoms with Crippen LogP contribution in [0.4, 0.5) is 22.7 Å². The van der Waals surface area contributed by atoms with Gasteiger partial charge in [-0.15, -0.1) is 0 Å². The summed E-state index contributed by atoms with van der Waals surface area (Å²) in [5.74, 6) is 0.728. The minimum absolute atomic E-state index is 0.100. The van der Waals surface area contributed by atoms with Crippen molar-refractivity contribution in [3.8, 4) is 5.69 Å². The quantitative estimate of drug-likeness (QED) is 0.138. The molecule has 5 aliphatic rings. The first kappa shape index (κ1) is 38.3. The molecule has 0 fully saturated rings. The first-order valence-corrected chi connectivity index (χ1v) is 21.9. The van der Waals surface area contributed by atoms with Gasteiger partial charge in [0.05, 0.1) is 17.4 Å². The zero-order valence-electron chi connectivity index (χ0n) is 35.3. The normalized spacial score (nSPS) is 19.7. The number of hydrogen-bond acceptors (Lipinski definition) is 3. The summed E-state index contributed by atoms with van der Waals surface area (Å²) in [7, 11) is 0. The molecule has 4 aromatic carbocycles. The molecule has 4 heteroatoms. The Morgan fingerprint density at radius 2 is 1.46 bits per heavy atom. The van der Waals surface area contributed by atoms with Gasteiger partial charge in [0.1, 0.15) is 0 Å². The highest BCUT2D eigenvalue weighted by atomic mass is 15.1. The summed E-state index contributed by atoms with van der Waals surface area (Å²) >= 11 is 0. The maximum absolute atomic E-state index is 3.77. The van der Waals surface area contributed by atoms with Crippen LogP contribution in [0, 0.1) is 6.92 Å². The number of anilines is 4. The Kier molecular flexibility index (Phi) is 10.4. The highest BCUT2D eigenvalue weighted by Crippen LogP contribution is 2.42. The van der Waals surface area contributed by atoms with E-state index in [1.54, 1.807) is 0 Å². The number of aromatic nitrogens is 1. The Labute approximate surface area is 361 Å². The summed E-state index contributed by atoms with van der Waals surface area (Å²) in [6.07, 6.45) is 32.5. The molecule has 300 valence electrons. The van der Waals surface area contributed by atoms with Crippen molar-refractivity contribution < 1.29 is 0 Å². The second-order valence-corrected chi connectivity index (χ2v) is 16.9. The monoisotopic (exact) mass is 792 g/mol. The fourth-order valence-corrected chi connectivity index (χ4v) is 9.74. The van der Waals surface area contributed by atoms with Gasteiger partial charge in [0.15, 0.2) is 0 Å². The predicted molar refractivity (Wildman–Crippen MR) is 257 cm³/mol. The average Bonchev–Trinajstić information content (AvgIpc) is 3.64. The second kappa shape index (κ2) is 16.6. The summed E-state index contributed by atoms with van der Waals surface area (Å²) in [6.45, 7) is 6.81. The number of benzene rings is 4. The van der Waals surface area contributed by atoms with Gasteiger partial charge < -0.3 is 20.1 Å². The molecule has 0 saturated heterocycles. The van der Waals surface area contributed by atoms with Gasteiger partial charge in [0, 0.05) is 51.3 Å². The van der Waals surface area contributed by atoms with Gasteiger partial charge in [0.25, 0.3) is 0 Å². The molecule has 10 rings (SSSR count). The summed E-state index contributed by atoms with van der Waals surface area (Å²) in [5.41, 5.74) is 26.6. The molecule has 0 saturated carbocycles. The SMILES string of the molecule is CC1=C(c2ccccc2Nc2ccc(N(C3=C=C=C(NC4C=CC=CC4c4ccccc4C)C=C3)c3ccc(-n4c5c(c6c4CCC=C6)C(C)CC=C5)cc3)cc2)C=CCC1. The van der Waals surface area contributed by atoms with Crippen LogP contribution in [0.3, 0.4) is 0 Å². The number of nitrogens with zero attached hydrogens (tertiary/aromatic N) is 2. The molecule has 0 bridgehead atoms. The first-order chi connectivity index (χ1) is 30.0. The van der Waals surface area contributed by atoms with Crippen LogP contribution in [0.1, 0.15) is 90.6 Å². The Morgan fingerprint density at radius 1 is 0.705 bits per heavy atom. The molecule has 3 atom stereocenters. The van der Waals surface area contributed by atoms with E-state index in [4.69, 9.17) is 0 Å². The number of hydrogen-bond donors (Lipinski definition) is 2. The lowest BCUT2D eigenvalue weighted by atomic mass is 9.85. The molecule has 3 unspecified atom stereocenters. The van der Waals surface area contributed by atoms with E-state index in [0.29, 0.717) is 5.92 Å². The smallest absolute Gasteiger partial charge is 0.0975 e. The number of allylic oxidation sites excluding steroid dienone is 10. The Morgan fingerprint density at radius 3 is 2.26 bits per heavy atom. The van der Waals surface area contributed by atoms with E-state index in [0.717, 1.165) is 66.2 Å². The van der Waals surface area contributed by atoms with Crippen LogP contribution in [-0.2, 0) is 6.42 Å². The van der Waals surface area contributed by atoms with Gasteiger partial charge in [-0.1, -0.05) is 110 Å². The van der Waals surface area contributed by atoms with Crippen molar-refractivity contribution >= 4 is 40.5 Å². The van der Waals surface area contributed by atoms with Crippen molar-refractivity contribution in [2.24, 2.45) is 0 Å². The van der Waals surface area contributed by atoms with E-state index in [2.05, 4.69) is 222 Å². The third-order valence-electron chi connectivity index (χ3n) is 12.9. The van der Waals surface area contributed by atoms with E-state index < -0.39 is 0 Å². The minimum atomic E-state index is 0.100. The molecular formula is C57H52N4. The number of aryl methyl sites for hydroxylation is 1. The lowest BCUT2D eigenvalue weighted by Gasteiger charge is -2.28. The van der Waals surface area contributed by atoms with Gasteiger partial charge in [-0.25, -0.2) is 0 Å². The summed E-state index contributed by atoms with van der Waals surface area (Å²) in [6, 6.07) is 35.2. The molecule has 0 aliphatic heterocycles. The molecule has 1 heterocycles. The van der Waals surface area contributed by atoms with Crippen molar-refractivity contribution in [1.29, 1.82) is 0 Å². The molecule has 2 N–H and O–H groups in total. The lowest BCUT2D eigenvalue weighted by Crippen LogP contribution is -2.33. The highest BCUT2D eigenvalue weighted by molar-refractivity contribution is 5.86. The van der Waals surface area contributed by atoms with Crippen molar-refractivity contribution in [2.45, 2.75) is 70.8 Å². The standard InChI is InChI=1S/C57H52N4/c1-39-15-4-6-18-48(39)50-20-8-11-23-53(50)58-42-27-31-44(32-28-42)60(45-33-29-43(30-34-45)59-54-24-12-9-21-51(54)49-19-7-5-16-40(49)2)46-35-37-47(38-36-46)61-55-25-13-10-22-52(55)57-41(3)17-14-26-56(57)61/h4,6-12,14-15,18-24,26-27,29-31,33-38,41,50,53,58-59H,5,13,16-17,25H2,1-3H3. The van der Waals surface area contributed by atoms with E-state index in [1.807, 2.05) is 0 Å². The van der Waals surface area contributed by atoms with Gasteiger partial charge in [-0.3, -0.25) is 0 Å². The predicted octanol–water partition coefficient (Wildman–Crippen LogP) is 14.2. The Bertz CT molecular complexity index is 2830. The first-order valence-electron chi connectivity index (χ1n) is 21.9. The molecule has 61 heavy (non-hydrogen) atoms. The molecule has 0 radical (unpaired) electrons. The van der Waals surface area contributed by atoms with Gasteiger partial charge in [-0.2, -0.15) is 0 Å². The van der Waals surface area contributed by atoms with Gasteiger partial charge >= 0.3 is 0 Å².